The van der Waals surface area contributed by atoms with Crippen LogP contribution in [0.5, 0.6) is 0 Å². The van der Waals surface area contributed by atoms with Crippen molar-refractivity contribution in [3.05, 3.63) is 57.6 Å². The summed E-state index contributed by atoms with van der Waals surface area (Å²) in [4.78, 5) is 23.3. The molecule has 0 radical (unpaired) electrons. The molecule has 0 spiro atoms. The van der Waals surface area contributed by atoms with Crippen molar-refractivity contribution in [1.29, 1.82) is 0 Å². The van der Waals surface area contributed by atoms with E-state index in [1.165, 1.54) is 11.9 Å². The Kier molecular flexibility index (Phi) is 5.99. The number of morpholine rings is 1. The Morgan fingerprint density at radius 1 is 1.25 bits per heavy atom. The Balaban J connectivity index is 1.42. The van der Waals surface area contributed by atoms with Crippen LogP contribution in [-0.2, 0) is 11.2 Å². The number of halogens is 1. The molecule has 2 fully saturated rings. The molecule has 150 valence electrons. The first-order valence-corrected chi connectivity index (χ1v) is 10.4. The maximum atomic E-state index is 11.6. The summed E-state index contributed by atoms with van der Waals surface area (Å²) in [5.41, 5.74) is 1.19. The molecule has 6 nitrogen and oxygen atoms in total. The van der Waals surface area contributed by atoms with E-state index in [0.29, 0.717) is 12.1 Å². The summed E-state index contributed by atoms with van der Waals surface area (Å²) in [5, 5.41) is 0.773. The van der Waals surface area contributed by atoms with E-state index in [1.807, 2.05) is 12.1 Å². The van der Waals surface area contributed by atoms with Crippen LogP contribution in [0.1, 0.15) is 25.3 Å². The van der Waals surface area contributed by atoms with Crippen molar-refractivity contribution in [3.8, 4) is 0 Å². The second kappa shape index (κ2) is 8.64. The van der Waals surface area contributed by atoms with Crippen LogP contribution in [0.15, 0.2) is 41.5 Å². The van der Waals surface area contributed by atoms with E-state index < -0.39 is 0 Å². The van der Waals surface area contributed by atoms with E-state index in [9.17, 15) is 4.79 Å². The Morgan fingerprint density at radius 2 is 2.00 bits per heavy atom. The van der Waals surface area contributed by atoms with Gasteiger partial charge in [0.15, 0.2) is 0 Å². The van der Waals surface area contributed by atoms with Gasteiger partial charge < -0.3 is 14.6 Å². The van der Waals surface area contributed by atoms with Crippen molar-refractivity contribution in [1.82, 2.24) is 14.9 Å². The smallest absolute Gasteiger partial charge is 0.252 e. The molecule has 2 aromatic rings. The lowest BCUT2D eigenvalue weighted by Gasteiger charge is -2.46. The summed E-state index contributed by atoms with van der Waals surface area (Å²) in [7, 11) is 0. The number of hydrogen-bond donors (Lipinski definition) is 1. The maximum absolute atomic E-state index is 11.6. The van der Waals surface area contributed by atoms with Gasteiger partial charge in [0.25, 0.3) is 5.56 Å². The molecule has 0 bridgehead atoms. The van der Waals surface area contributed by atoms with Crippen LogP contribution in [0.2, 0.25) is 5.02 Å². The summed E-state index contributed by atoms with van der Waals surface area (Å²) in [5.74, 6) is 0.773. The van der Waals surface area contributed by atoms with Gasteiger partial charge in [-0.15, -0.1) is 0 Å². The predicted octanol–water partition coefficient (Wildman–Crippen LogP) is 2.72. The predicted molar refractivity (Wildman–Crippen MR) is 111 cm³/mol. The Bertz CT molecular complexity index is 833. The fourth-order valence-corrected chi connectivity index (χ4v) is 4.47. The van der Waals surface area contributed by atoms with Crippen LogP contribution in [0.25, 0.3) is 0 Å². The fourth-order valence-electron chi connectivity index (χ4n) is 4.34. The third-order valence-electron chi connectivity index (χ3n) is 5.82. The van der Waals surface area contributed by atoms with Crippen molar-refractivity contribution < 1.29 is 4.74 Å². The van der Waals surface area contributed by atoms with Gasteiger partial charge in [-0.2, -0.15) is 0 Å². The summed E-state index contributed by atoms with van der Waals surface area (Å²) >= 11 is 6.03. The number of piperidine rings is 1. The average Bonchev–Trinajstić information content (AvgIpc) is 2.71. The average molecular weight is 403 g/mol. The van der Waals surface area contributed by atoms with E-state index in [1.54, 1.807) is 6.07 Å². The maximum Gasteiger partial charge on any atom is 0.252 e. The molecule has 1 N–H and O–H groups in total. The molecule has 4 rings (SSSR count). The van der Waals surface area contributed by atoms with Gasteiger partial charge in [-0.3, -0.25) is 9.69 Å². The van der Waals surface area contributed by atoms with Gasteiger partial charge >= 0.3 is 0 Å². The third-order valence-corrected chi connectivity index (χ3v) is 6.07. The van der Waals surface area contributed by atoms with Crippen LogP contribution in [0.4, 0.5) is 5.82 Å². The number of nitrogens with one attached hydrogen (secondary N) is 1. The van der Waals surface area contributed by atoms with E-state index in [0.717, 1.165) is 56.3 Å². The molecule has 0 amide bonds. The molecule has 2 aliphatic rings. The van der Waals surface area contributed by atoms with E-state index in [-0.39, 0.29) is 11.7 Å². The number of benzene rings is 1. The molecule has 1 aromatic carbocycles. The number of nitrogens with zero attached hydrogens (tertiary/aromatic N) is 3. The molecule has 2 aliphatic heterocycles. The van der Waals surface area contributed by atoms with E-state index in [2.05, 4.69) is 38.8 Å². The largest absolute Gasteiger partial charge is 0.376 e. The topological polar surface area (TPSA) is 61.5 Å². The van der Waals surface area contributed by atoms with Crippen LogP contribution in [-0.4, -0.2) is 59.3 Å². The standard InChI is InChI=1S/C21H27ClN4O2/c1-15-12-26(19(13-28-15)10-16-2-4-17(22)5-3-16)18-6-8-25(9-7-18)20-11-21(27)24-14-23-20/h2-5,11,14-15,18-19H,6-10,12-13H2,1H3,(H,23,24,27)/t15-,19-/m0/s1. The van der Waals surface area contributed by atoms with Crippen molar-refractivity contribution in [2.45, 2.75) is 44.4 Å². The molecular formula is C21H27ClN4O2. The lowest BCUT2D eigenvalue weighted by molar-refractivity contribution is -0.0745. The summed E-state index contributed by atoms with van der Waals surface area (Å²) < 4.78 is 5.98. The zero-order valence-corrected chi connectivity index (χ0v) is 16.9. The van der Waals surface area contributed by atoms with Gasteiger partial charge in [-0.25, -0.2) is 4.98 Å². The first-order chi connectivity index (χ1) is 13.6. The highest BCUT2D eigenvalue weighted by Crippen LogP contribution is 2.26. The van der Waals surface area contributed by atoms with Gasteiger partial charge in [0, 0.05) is 42.8 Å². The summed E-state index contributed by atoms with van der Waals surface area (Å²) in [6.07, 6.45) is 4.85. The number of anilines is 1. The third kappa shape index (κ3) is 4.57. The molecule has 0 unspecified atom stereocenters. The highest BCUT2D eigenvalue weighted by atomic mass is 35.5. The molecule has 1 aromatic heterocycles. The lowest BCUT2D eigenvalue weighted by Crippen LogP contribution is -2.56. The van der Waals surface area contributed by atoms with Crippen molar-refractivity contribution in [3.63, 3.8) is 0 Å². The van der Waals surface area contributed by atoms with Crippen LogP contribution < -0.4 is 10.5 Å². The molecule has 0 aliphatic carbocycles. The highest BCUT2D eigenvalue weighted by Gasteiger charge is 2.34. The molecule has 7 heteroatoms. The zero-order chi connectivity index (χ0) is 19.5. The number of aromatic nitrogens is 2. The van der Waals surface area contributed by atoms with Crippen LogP contribution in [0.3, 0.4) is 0 Å². The quantitative estimate of drug-likeness (QED) is 0.852. The highest BCUT2D eigenvalue weighted by molar-refractivity contribution is 6.30. The number of ether oxygens (including phenoxy) is 1. The molecule has 28 heavy (non-hydrogen) atoms. The normalized spacial score (nSPS) is 24.4. The number of rotatable bonds is 4. The van der Waals surface area contributed by atoms with Crippen LogP contribution in [0, 0.1) is 0 Å². The van der Waals surface area contributed by atoms with Crippen molar-refractivity contribution in [2.75, 3.05) is 31.1 Å². The van der Waals surface area contributed by atoms with E-state index in [4.69, 9.17) is 16.3 Å². The summed E-state index contributed by atoms with van der Waals surface area (Å²) in [6, 6.07) is 10.6. The number of hydrogen-bond acceptors (Lipinski definition) is 5. The lowest BCUT2D eigenvalue weighted by atomic mass is 9.96. The Hall–Kier alpha value is -1.89. The minimum atomic E-state index is -0.0999. The van der Waals surface area contributed by atoms with Gasteiger partial charge in [-0.05, 0) is 43.9 Å². The minimum Gasteiger partial charge on any atom is -0.376 e. The molecule has 3 heterocycles. The van der Waals surface area contributed by atoms with E-state index >= 15 is 0 Å². The van der Waals surface area contributed by atoms with Crippen LogP contribution >= 0.6 is 11.6 Å². The summed E-state index contributed by atoms with van der Waals surface area (Å²) in [6.45, 7) is 5.72. The van der Waals surface area contributed by atoms with Gasteiger partial charge in [0.1, 0.15) is 5.82 Å². The number of H-pyrrole nitrogens is 1. The van der Waals surface area contributed by atoms with Gasteiger partial charge in [0.2, 0.25) is 0 Å². The molecule has 0 saturated carbocycles. The molecule has 2 atom stereocenters. The van der Waals surface area contributed by atoms with Gasteiger partial charge in [-0.1, -0.05) is 23.7 Å². The minimum absolute atomic E-state index is 0.0999. The van der Waals surface area contributed by atoms with Crippen molar-refractivity contribution in [2.24, 2.45) is 0 Å². The first kappa shape index (κ1) is 19.4. The SMILES string of the molecule is C[C@H]1CN(C2CCN(c3cc(=O)[nH]cn3)CC2)[C@@H](Cc2ccc(Cl)cc2)CO1. The zero-order valence-electron chi connectivity index (χ0n) is 16.2. The van der Waals surface area contributed by atoms with Crippen molar-refractivity contribution >= 4 is 17.4 Å². The molecule has 2 saturated heterocycles. The number of aromatic amines is 1. The fraction of sp³-hybridized carbons (Fsp3) is 0.524. The monoisotopic (exact) mass is 402 g/mol. The first-order valence-electron chi connectivity index (χ1n) is 10.00. The second-order valence-electron chi connectivity index (χ2n) is 7.81. The Labute approximate surface area is 170 Å². The second-order valence-corrected chi connectivity index (χ2v) is 8.25. The Morgan fingerprint density at radius 3 is 2.71 bits per heavy atom. The molecular weight excluding hydrogens is 376 g/mol. The van der Waals surface area contributed by atoms with Gasteiger partial charge in [0.05, 0.1) is 19.0 Å².